The molecule has 0 amide bonds. The van der Waals surface area contributed by atoms with E-state index in [1.165, 1.54) is 17.7 Å². The first-order chi connectivity index (χ1) is 13.3. The number of benzene rings is 2. The van der Waals surface area contributed by atoms with Crippen LogP contribution < -0.4 is 5.32 Å². The first kappa shape index (κ1) is 20.1. The van der Waals surface area contributed by atoms with Crippen molar-refractivity contribution in [3.05, 3.63) is 83.7 Å². The Morgan fingerprint density at radius 1 is 0.893 bits per heavy atom. The Hall–Kier alpha value is -2.60. The molecule has 0 fully saturated rings. The Bertz CT molecular complexity index is 883. The van der Waals surface area contributed by atoms with Crippen molar-refractivity contribution in [2.45, 2.75) is 39.0 Å². The molecule has 0 saturated heterocycles. The quantitative estimate of drug-likeness (QED) is 0.567. The van der Waals surface area contributed by atoms with E-state index in [1.54, 1.807) is 10.9 Å². The van der Waals surface area contributed by atoms with Crippen LogP contribution in [0.5, 0.6) is 0 Å². The van der Waals surface area contributed by atoms with Crippen LogP contribution in [0.3, 0.4) is 0 Å². The summed E-state index contributed by atoms with van der Waals surface area (Å²) in [7, 11) is 0. The third-order valence-electron chi connectivity index (χ3n) is 4.78. The third kappa shape index (κ3) is 4.62. The van der Waals surface area contributed by atoms with Gasteiger partial charge in [-0.05, 0) is 48.7 Å². The number of rotatable bonds is 6. The number of hydrogen-bond donors (Lipinski definition) is 1. The van der Waals surface area contributed by atoms with Crippen LogP contribution in [-0.2, 0) is 6.18 Å². The van der Waals surface area contributed by atoms with Gasteiger partial charge in [-0.1, -0.05) is 44.2 Å². The van der Waals surface area contributed by atoms with Crippen LogP contribution in [0.2, 0.25) is 0 Å². The molecule has 0 bridgehead atoms. The number of nitrogens with zero attached hydrogens (tertiary/aromatic N) is 2. The molecule has 0 spiro atoms. The van der Waals surface area contributed by atoms with Gasteiger partial charge >= 0.3 is 6.18 Å². The monoisotopic (exact) mass is 387 g/mol. The minimum atomic E-state index is -4.34. The largest absolute Gasteiger partial charge is 0.416 e. The molecule has 0 saturated carbocycles. The zero-order chi connectivity index (χ0) is 20.3. The zero-order valence-corrected chi connectivity index (χ0v) is 16.1. The lowest BCUT2D eigenvalue weighted by Crippen LogP contribution is -2.29. The van der Waals surface area contributed by atoms with Gasteiger partial charge in [0, 0.05) is 12.2 Å². The van der Waals surface area contributed by atoms with Crippen LogP contribution in [0.1, 0.15) is 49.7 Å². The molecular weight excluding hydrogens is 363 g/mol. The first-order valence-corrected chi connectivity index (χ1v) is 9.30. The molecule has 148 valence electrons. The van der Waals surface area contributed by atoms with E-state index in [9.17, 15) is 13.2 Å². The normalized spacial score (nSPS) is 14.2. The third-order valence-corrected chi connectivity index (χ3v) is 4.78. The molecule has 6 heteroatoms. The lowest BCUT2D eigenvalue weighted by atomic mass is 9.98. The first-order valence-electron chi connectivity index (χ1n) is 9.30. The van der Waals surface area contributed by atoms with E-state index >= 15 is 0 Å². The van der Waals surface area contributed by atoms with E-state index < -0.39 is 11.7 Å². The molecular formula is C22H24F3N3. The van der Waals surface area contributed by atoms with Crippen molar-refractivity contribution in [3.63, 3.8) is 0 Å². The number of hydrogen-bond acceptors (Lipinski definition) is 2. The molecule has 0 radical (unpaired) electrons. The molecule has 3 nitrogen and oxygen atoms in total. The van der Waals surface area contributed by atoms with Crippen LogP contribution in [0.25, 0.3) is 5.69 Å². The van der Waals surface area contributed by atoms with E-state index in [0.717, 1.165) is 17.8 Å². The Morgan fingerprint density at radius 2 is 1.54 bits per heavy atom. The molecule has 0 aliphatic carbocycles. The number of alkyl halides is 3. The number of nitrogens with one attached hydrogen (secondary N) is 1. The van der Waals surface area contributed by atoms with E-state index in [4.69, 9.17) is 0 Å². The fourth-order valence-electron chi connectivity index (χ4n) is 3.18. The van der Waals surface area contributed by atoms with Gasteiger partial charge in [0.15, 0.2) is 0 Å². The molecule has 1 aromatic heterocycles. The Morgan fingerprint density at radius 3 is 2.11 bits per heavy atom. The van der Waals surface area contributed by atoms with Gasteiger partial charge in [0.1, 0.15) is 0 Å². The molecule has 3 aromatic rings. The molecule has 28 heavy (non-hydrogen) atoms. The summed E-state index contributed by atoms with van der Waals surface area (Å²) in [5.74, 6) is 0.294. The second kappa shape index (κ2) is 8.19. The standard InChI is InChI=1S/C22H24F3N3/c1-15(2)21(26-16(3)17-7-5-4-6-8-17)20-13-14-28(27-20)19-11-9-18(10-12-19)22(23,24)25/h4-16,21,26H,1-3H3/t16-,21?/m1/s1. The van der Waals surface area contributed by atoms with Gasteiger partial charge in [0.2, 0.25) is 0 Å². The van der Waals surface area contributed by atoms with Crippen LogP contribution in [0.15, 0.2) is 66.9 Å². The maximum Gasteiger partial charge on any atom is 0.416 e. The number of aromatic nitrogens is 2. The fourth-order valence-corrected chi connectivity index (χ4v) is 3.18. The summed E-state index contributed by atoms with van der Waals surface area (Å²) in [6.07, 6.45) is -2.56. The van der Waals surface area contributed by atoms with Crippen LogP contribution >= 0.6 is 0 Å². The molecule has 3 rings (SSSR count). The van der Waals surface area contributed by atoms with Crippen molar-refractivity contribution in [1.82, 2.24) is 15.1 Å². The van der Waals surface area contributed by atoms with Crippen molar-refractivity contribution >= 4 is 0 Å². The van der Waals surface area contributed by atoms with Gasteiger partial charge in [-0.2, -0.15) is 18.3 Å². The summed E-state index contributed by atoms with van der Waals surface area (Å²) >= 11 is 0. The van der Waals surface area contributed by atoms with Gasteiger partial charge in [0.25, 0.3) is 0 Å². The lowest BCUT2D eigenvalue weighted by Gasteiger charge is -2.25. The van der Waals surface area contributed by atoms with Crippen molar-refractivity contribution in [2.75, 3.05) is 0 Å². The summed E-state index contributed by atoms with van der Waals surface area (Å²) in [6.45, 7) is 6.34. The molecule has 1 unspecified atom stereocenters. The van der Waals surface area contributed by atoms with Crippen molar-refractivity contribution in [2.24, 2.45) is 5.92 Å². The summed E-state index contributed by atoms with van der Waals surface area (Å²) in [5, 5.41) is 8.23. The highest BCUT2D eigenvalue weighted by Crippen LogP contribution is 2.30. The van der Waals surface area contributed by atoms with Crippen molar-refractivity contribution < 1.29 is 13.2 Å². The molecule has 1 N–H and O–H groups in total. The molecule has 0 aliphatic rings. The minimum Gasteiger partial charge on any atom is -0.302 e. The van der Waals surface area contributed by atoms with Crippen LogP contribution in [0.4, 0.5) is 13.2 Å². The Kier molecular flexibility index (Phi) is 5.89. The second-order valence-corrected chi connectivity index (χ2v) is 7.25. The molecule has 1 heterocycles. The highest BCUT2D eigenvalue weighted by Gasteiger charge is 2.30. The SMILES string of the molecule is CC(C)C(N[C@H](C)c1ccccc1)c1ccn(-c2ccc(C(F)(F)F)cc2)n1. The highest BCUT2D eigenvalue weighted by atomic mass is 19.4. The smallest absolute Gasteiger partial charge is 0.302 e. The summed E-state index contributed by atoms with van der Waals surface area (Å²) in [6, 6.07) is 17.3. The van der Waals surface area contributed by atoms with E-state index in [1.807, 2.05) is 24.3 Å². The van der Waals surface area contributed by atoms with Gasteiger partial charge in [-0.25, -0.2) is 4.68 Å². The van der Waals surface area contributed by atoms with Crippen molar-refractivity contribution in [1.29, 1.82) is 0 Å². The fraction of sp³-hybridized carbons (Fsp3) is 0.318. The predicted octanol–water partition coefficient (Wildman–Crippen LogP) is 5.94. The highest BCUT2D eigenvalue weighted by molar-refractivity contribution is 5.35. The zero-order valence-electron chi connectivity index (χ0n) is 16.1. The maximum atomic E-state index is 12.8. The average molecular weight is 387 g/mol. The summed E-state index contributed by atoms with van der Waals surface area (Å²) in [4.78, 5) is 0. The Balaban J connectivity index is 1.80. The predicted molar refractivity (Wildman–Crippen MR) is 104 cm³/mol. The Labute approximate surface area is 163 Å². The molecule has 0 aliphatic heterocycles. The van der Waals surface area contributed by atoms with E-state index in [2.05, 4.69) is 43.3 Å². The van der Waals surface area contributed by atoms with E-state index in [-0.39, 0.29) is 12.1 Å². The van der Waals surface area contributed by atoms with Gasteiger partial charge < -0.3 is 5.32 Å². The number of halogens is 3. The molecule has 2 aromatic carbocycles. The van der Waals surface area contributed by atoms with E-state index in [0.29, 0.717) is 11.6 Å². The van der Waals surface area contributed by atoms with Crippen LogP contribution in [0, 0.1) is 5.92 Å². The maximum absolute atomic E-state index is 12.8. The minimum absolute atomic E-state index is 0.0194. The summed E-state index contributed by atoms with van der Waals surface area (Å²) < 4.78 is 39.9. The summed E-state index contributed by atoms with van der Waals surface area (Å²) in [5.41, 5.74) is 1.98. The van der Waals surface area contributed by atoms with Gasteiger partial charge in [-0.15, -0.1) is 0 Å². The second-order valence-electron chi connectivity index (χ2n) is 7.25. The molecule has 2 atom stereocenters. The topological polar surface area (TPSA) is 29.9 Å². The van der Waals surface area contributed by atoms with Crippen LogP contribution in [-0.4, -0.2) is 9.78 Å². The van der Waals surface area contributed by atoms with Gasteiger partial charge in [0.05, 0.1) is 23.0 Å². The lowest BCUT2D eigenvalue weighted by molar-refractivity contribution is -0.137. The van der Waals surface area contributed by atoms with Crippen molar-refractivity contribution in [3.8, 4) is 5.69 Å². The average Bonchev–Trinajstić information content (AvgIpc) is 3.15. The van der Waals surface area contributed by atoms with Gasteiger partial charge in [-0.3, -0.25) is 0 Å².